The molecule has 4 heterocycles. The molecule has 1 atom stereocenters. The van der Waals surface area contributed by atoms with Gasteiger partial charge in [-0.05, 0) is 19.8 Å². The molecular formula is C16H19N7O2. The molecule has 9 nitrogen and oxygen atoms in total. The SMILES string of the molecule is Cc1cc(C2CCCN2C(=O)CN(C)c2ncnc3nc[nH]c23)no1. The Labute approximate surface area is 144 Å². The summed E-state index contributed by atoms with van der Waals surface area (Å²) in [7, 11) is 1.84. The number of fused-ring (bicyclic) bond motifs is 1. The fourth-order valence-corrected chi connectivity index (χ4v) is 3.33. The summed E-state index contributed by atoms with van der Waals surface area (Å²) in [5.41, 5.74) is 2.13. The smallest absolute Gasteiger partial charge is 0.242 e. The predicted octanol–water partition coefficient (Wildman–Crippen LogP) is 1.45. The van der Waals surface area contributed by atoms with E-state index >= 15 is 0 Å². The van der Waals surface area contributed by atoms with E-state index in [1.165, 1.54) is 6.33 Å². The van der Waals surface area contributed by atoms with Crippen LogP contribution in [-0.4, -0.2) is 56.0 Å². The van der Waals surface area contributed by atoms with E-state index < -0.39 is 0 Å². The number of likely N-dealkylation sites (N-methyl/N-ethyl adjacent to an activating group) is 1. The lowest BCUT2D eigenvalue weighted by molar-refractivity contribution is -0.130. The number of aromatic nitrogens is 5. The number of aromatic amines is 1. The summed E-state index contributed by atoms with van der Waals surface area (Å²) < 4.78 is 5.17. The van der Waals surface area contributed by atoms with E-state index in [4.69, 9.17) is 4.52 Å². The molecule has 0 saturated carbocycles. The first-order chi connectivity index (χ1) is 12.1. The minimum absolute atomic E-state index is 0.0177. The van der Waals surface area contributed by atoms with Crippen molar-refractivity contribution in [3.8, 4) is 0 Å². The van der Waals surface area contributed by atoms with Crippen molar-refractivity contribution in [2.45, 2.75) is 25.8 Å². The van der Waals surface area contributed by atoms with Crippen molar-refractivity contribution in [1.82, 2.24) is 30.0 Å². The molecule has 0 bridgehead atoms. The molecule has 1 aliphatic rings. The normalized spacial score (nSPS) is 17.4. The molecule has 0 spiro atoms. The minimum atomic E-state index is -0.0177. The third-order valence-electron chi connectivity index (χ3n) is 4.50. The number of carbonyl (C=O) groups is 1. The van der Waals surface area contributed by atoms with Crippen molar-refractivity contribution in [3.05, 3.63) is 30.2 Å². The van der Waals surface area contributed by atoms with E-state index in [-0.39, 0.29) is 18.5 Å². The van der Waals surface area contributed by atoms with Crippen LogP contribution in [0.25, 0.3) is 11.2 Å². The minimum Gasteiger partial charge on any atom is -0.361 e. The van der Waals surface area contributed by atoms with Crippen molar-refractivity contribution in [2.75, 3.05) is 25.0 Å². The maximum atomic E-state index is 12.9. The fourth-order valence-electron chi connectivity index (χ4n) is 3.33. The standard InChI is InChI=1S/C16H19N7O2/c1-10-6-11(21-25-10)12-4-3-5-23(12)13(24)7-22(2)16-14-15(18-8-17-14)19-9-20-16/h6,8-9,12H,3-5,7H2,1-2H3,(H,17,18,19,20). The molecule has 9 heteroatoms. The van der Waals surface area contributed by atoms with Crippen LogP contribution in [0.1, 0.15) is 30.3 Å². The number of likely N-dealkylation sites (tertiary alicyclic amines) is 1. The number of hydrogen-bond acceptors (Lipinski definition) is 7. The number of hydrogen-bond donors (Lipinski definition) is 1. The second-order valence-corrected chi connectivity index (χ2v) is 6.26. The van der Waals surface area contributed by atoms with E-state index in [2.05, 4.69) is 25.1 Å². The topological polar surface area (TPSA) is 104 Å². The van der Waals surface area contributed by atoms with Crippen LogP contribution in [0.15, 0.2) is 23.2 Å². The Bertz CT molecular complexity index is 903. The number of imidazole rings is 1. The van der Waals surface area contributed by atoms with E-state index in [1.54, 1.807) is 6.33 Å². The third-order valence-corrected chi connectivity index (χ3v) is 4.50. The Morgan fingerprint density at radius 1 is 1.44 bits per heavy atom. The molecule has 0 aliphatic carbocycles. The Morgan fingerprint density at radius 3 is 3.12 bits per heavy atom. The maximum Gasteiger partial charge on any atom is 0.242 e. The zero-order valence-electron chi connectivity index (χ0n) is 14.1. The second kappa shape index (κ2) is 6.15. The molecule has 130 valence electrons. The van der Waals surface area contributed by atoms with Gasteiger partial charge in [-0.1, -0.05) is 5.16 Å². The molecule has 25 heavy (non-hydrogen) atoms. The first kappa shape index (κ1) is 15.6. The fraction of sp³-hybridized carbons (Fsp3) is 0.438. The van der Waals surface area contributed by atoms with Crippen LogP contribution >= 0.6 is 0 Å². The summed E-state index contributed by atoms with van der Waals surface area (Å²) in [6.07, 6.45) is 4.89. The Kier molecular flexibility index (Phi) is 3.83. The summed E-state index contributed by atoms with van der Waals surface area (Å²) >= 11 is 0. The van der Waals surface area contributed by atoms with Crippen LogP contribution in [0.5, 0.6) is 0 Å². The molecule has 3 aromatic heterocycles. The van der Waals surface area contributed by atoms with Gasteiger partial charge in [0, 0.05) is 19.7 Å². The number of anilines is 1. The van der Waals surface area contributed by atoms with Gasteiger partial charge in [-0.3, -0.25) is 4.79 Å². The Balaban J connectivity index is 1.52. The van der Waals surface area contributed by atoms with Gasteiger partial charge in [0.15, 0.2) is 11.5 Å². The number of nitrogens with zero attached hydrogens (tertiary/aromatic N) is 6. The number of nitrogens with one attached hydrogen (secondary N) is 1. The van der Waals surface area contributed by atoms with E-state index in [1.807, 2.05) is 29.8 Å². The van der Waals surface area contributed by atoms with Crippen LogP contribution in [0.4, 0.5) is 5.82 Å². The molecule has 0 aromatic carbocycles. The number of rotatable bonds is 4. The third kappa shape index (κ3) is 2.81. The summed E-state index contributed by atoms with van der Waals surface area (Å²) in [6.45, 7) is 2.81. The first-order valence-corrected chi connectivity index (χ1v) is 8.21. The average Bonchev–Trinajstić information content (AvgIpc) is 3.33. The van der Waals surface area contributed by atoms with Gasteiger partial charge in [-0.15, -0.1) is 0 Å². The molecule has 1 aliphatic heterocycles. The molecule has 1 amide bonds. The molecule has 4 rings (SSSR count). The van der Waals surface area contributed by atoms with Gasteiger partial charge in [-0.25, -0.2) is 15.0 Å². The van der Waals surface area contributed by atoms with E-state index in [0.717, 1.165) is 36.4 Å². The predicted molar refractivity (Wildman–Crippen MR) is 89.9 cm³/mol. The summed E-state index contributed by atoms with van der Waals surface area (Å²) in [6, 6.07) is 1.88. The largest absolute Gasteiger partial charge is 0.361 e. The van der Waals surface area contributed by atoms with Gasteiger partial charge in [0.25, 0.3) is 0 Å². The van der Waals surface area contributed by atoms with Crippen molar-refractivity contribution in [3.63, 3.8) is 0 Å². The van der Waals surface area contributed by atoms with Crippen LogP contribution in [0.3, 0.4) is 0 Å². The highest BCUT2D eigenvalue weighted by Crippen LogP contribution is 2.31. The van der Waals surface area contributed by atoms with Crippen LogP contribution < -0.4 is 4.90 Å². The molecule has 0 radical (unpaired) electrons. The zero-order valence-corrected chi connectivity index (χ0v) is 14.1. The van der Waals surface area contributed by atoms with Crippen molar-refractivity contribution < 1.29 is 9.32 Å². The van der Waals surface area contributed by atoms with Gasteiger partial charge in [0.1, 0.15) is 23.3 Å². The molecule has 3 aromatic rings. The van der Waals surface area contributed by atoms with Gasteiger partial charge in [0.2, 0.25) is 5.91 Å². The lowest BCUT2D eigenvalue weighted by Crippen LogP contribution is -2.39. The zero-order chi connectivity index (χ0) is 17.4. The highest BCUT2D eigenvalue weighted by molar-refractivity contribution is 5.87. The van der Waals surface area contributed by atoms with Gasteiger partial charge in [0.05, 0.1) is 18.9 Å². The lowest BCUT2D eigenvalue weighted by atomic mass is 10.1. The average molecular weight is 341 g/mol. The number of carbonyl (C=O) groups excluding carboxylic acids is 1. The van der Waals surface area contributed by atoms with Crippen molar-refractivity contribution in [2.24, 2.45) is 0 Å². The lowest BCUT2D eigenvalue weighted by Gasteiger charge is -2.26. The van der Waals surface area contributed by atoms with Gasteiger partial charge >= 0.3 is 0 Å². The molecule has 1 unspecified atom stereocenters. The quantitative estimate of drug-likeness (QED) is 0.766. The summed E-state index contributed by atoms with van der Waals surface area (Å²) in [4.78, 5) is 32.1. The van der Waals surface area contributed by atoms with Crippen LogP contribution in [0.2, 0.25) is 0 Å². The first-order valence-electron chi connectivity index (χ1n) is 8.21. The van der Waals surface area contributed by atoms with Crippen LogP contribution in [0, 0.1) is 6.92 Å². The van der Waals surface area contributed by atoms with Gasteiger partial charge < -0.3 is 19.3 Å². The van der Waals surface area contributed by atoms with Crippen molar-refractivity contribution >= 4 is 22.9 Å². The highest BCUT2D eigenvalue weighted by atomic mass is 16.5. The molecule has 1 N–H and O–H groups in total. The maximum absolute atomic E-state index is 12.9. The van der Waals surface area contributed by atoms with Gasteiger partial charge in [-0.2, -0.15) is 0 Å². The number of H-pyrrole nitrogens is 1. The Hall–Kier alpha value is -2.97. The second-order valence-electron chi connectivity index (χ2n) is 6.26. The van der Waals surface area contributed by atoms with E-state index in [9.17, 15) is 4.79 Å². The Morgan fingerprint density at radius 2 is 2.32 bits per heavy atom. The summed E-state index contributed by atoms with van der Waals surface area (Å²) in [5, 5.41) is 4.09. The van der Waals surface area contributed by atoms with Crippen molar-refractivity contribution in [1.29, 1.82) is 0 Å². The summed E-state index contributed by atoms with van der Waals surface area (Å²) in [5.74, 6) is 1.45. The highest BCUT2D eigenvalue weighted by Gasteiger charge is 2.32. The molecule has 1 saturated heterocycles. The van der Waals surface area contributed by atoms with Crippen LogP contribution in [-0.2, 0) is 4.79 Å². The molecule has 1 fully saturated rings. The monoisotopic (exact) mass is 341 g/mol. The number of amides is 1. The molecular weight excluding hydrogens is 322 g/mol. The van der Waals surface area contributed by atoms with E-state index in [0.29, 0.717) is 11.5 Å². The number of aryl methyl sites for hydroxylation is 1.